The summed E-state index contributed by atoms with van der Waals surface area (Å²) in [6.07, 6.45) is 3.51. The number of rotatable bonds is 4. The van der Waals surface area contributed by atoms with Gasteiger partial charge in [-0.3, -0.25) is 9.48 Å². The number of hydrogen-bond acceptors (Lipinski definition) is 2. The fourth-order valence-corrected chi connectivity index (χ4v) is 6.18. The maximum atomic E-state index is 13.3. The van der Waals surface area contributed by atoms with E-state index in [1.54, 1.807) is 0 Å². The maximum absolute atomic E-state index is 13.3. The van der Waals surface area contributed by atoms with Gasteiger partial charge in [0.05, 0.1) is 17.8 Å². The Labute approximate surface area is 183 Å². The van der Waals surface area contributed by atoms with Crippen LogP contribution < -0.4 is 5.32 Å². The van der Waals surface area contributed by atoms with Gasteiger partial charge in [-0.15, -0.1) is 0 Å². The summed E-state index contributed by atoms with van der Waals surface area (Å²) in [5.41, 5.74) is 3.46. The Morgan fingerprint density at radius 2 is 1.90 bits per heavy atom. The zero-order chi connectivity index (χ0) is 21.1. The lowest BCUT2D eigenvalue weighted by Crippen LogP contribution is -2.47. The highest BCUT2D eigenvalue weighted by molar-refractivity contribution is 6.35. The summed E-state index contributed by atoms with van der Waals surface area (Å²) >= 11 is 12.7. The van der Waals surface area contributed by atoms with E-state index in [0.29, 0.717) is 28.1 Å². The van der Waals surface area contributed by atoms with Crippen LogP contribution in [0.15, 0.2) is 18.2 Å². The number of benzene rings is 1. The van der Waals surface area contributed by atoms with Gasteiger partial charge >= 0.3 is 0 Å². The predicted octanol–water partition coefficient (Wildman–Crippen LogP) is 5.80. The van der Waals surface area contributed by atoms with Gasteiger partial charge < -0.3 is 5.32 Å². The first-order valence-electron chi connectivity index (χ1n) is 10.3. The Bertz CT molecular complexity index is 960. The summed E-state index contributed by atoms with van der Waals surface area (Å²) in [5, 5.41) is 9.19. The standard InChI is InChI=1S/C23H29Cl2N3O/c1-13-20(14(2)28(27-13)12-16-17(24)7-6-8-18(16)25)21(29)26-19-11-15-9-10-23(19,5)22(15,3)4/h6-8,15,19H,9-12H2,1-5H3,(H,26,29)/t15-,19+,23-/m1/s1. The summed E-state index contributed by atoms with van der Waals surface area (Å²) in [6.45, 7) is 11.3. The minimum Gasteiger partial charge on any atom is -0.349 e. The topological polar surface area (TPSA) is 46.9 Å². The molecule has 1 heterocycles. The molecule has 2 aliphatic rings. The number of carbonyl (C=O) groups is 1. The molecule has 156 valence electrons. The number of nitrogens with one attached hydrogen (secondary N) is 1. The van der Waals surface area contributed by atoms with Crippen molar-refractivity contribution in [3.05, 3.63) is 50.8 Å². The third-order valence-electron chi connectivity index (χ3n) is 8.08. The van der Waals surface area contributed by atoms with Crippen molar-refractivity contribution in [3.63, 3.8) is 0 Å². The SMILES string of the molecule is Cc1nn(Cc2c(Cl)cccc2Cl)c(C)c1C(=O)N[C@H]1C[C@H]2CC[C@@]1(C)C2(C)C. The van der Waals surface area contributed by atoms with Gasteiger partial charge in [0.15, 0.2) is 0 Å². The van der Waals surface area contributed by atoms with Crippen molar-refractivity contribution in [2.45, 2.75) is 66.5 Å². The Morgan fingerprint density at radius 1 is 1.24 bits per heavy atom. The summed E-state index contributed by atoms with van der Waals surface area (Å²) in [7, 11) is 0. The number of carbonyl (C=O) groups excluding carboxylic acids is 1. The van der Waals surface area contributed by atoms with Gasteiger partial charge in [-0.05, 0) is 62.0 Å². The molecule has 0 aliphatic heterocycles. The molecular formula is C23H29Cl2N3O. The lowest BCUT2D eigenvalue weighted by Gasteiger charge is -2.39. The van der Waals surface area contributed by atoms with Gasteiger partial charge in [-0.1, -0.05) is 50.0 Å². The molecule has 0 saturated heterocycles. The van der Waals surface area contributed by atoms with Crippen LogP contribution in [0.25, 0.3) is 0 Å². The zero-order valence-corrected chi connectivity index (χ0v) is 19.3. The van der Waals surface area contributed by atoms with Crippen LogP contribution in [-0.2, 0) is 6.54 Å². The lowest BCUT2D eigenvalue weighted by molar-refractivity contribution is 0.0825. The average molecular weight is 434 g/mol. The molecule has 1 N–H and O–H groups in total. The molecule has 0 spiro atoms. The highest BCUT2D eigenvalue weighted by atomic mass is 35.5. The van der Waals surface area contributed by atoms with E-state index in [-0.39, 0.29) is 22.8 Å². The molecule has 1 aromatic carbocycles. The Kier molecular flexibility index (Phi) is 5.02. The fourth-order valence-electron chi connectivity index (χ4n) is 5.67. The third kappa shape index (κ3) is 3.11. The van der Waals surface area contributed by atoms with Crippen molar-refractivity contribution in [3.8, 4) is 0 Å². The molecule has 3 atom stereocenters. The van der Waals surface area contributed by atoms with Crippen molar-refractivity contribution in [1.29, 1.82) is 0 Å². The first-order chi connectivity index (χ1) is 13.6. The minimum atomic E-state index is -0.0221. The van der Waals surface area contributed by atoms with Crippen molar-refractivity contribution in [2.24, 2.45) is 16.7 Å². The van der Waals surface area contributed by atoms with Gasteiger partial charge in [0, 0.05) is 27.3 Å². The molecule has 4 nitrogen and oxygen atoms in total. The second-order valence-electron chi connectivity index (χ2n) is 9.54. The van der Waals surface area contributed by atoms with Crippen LogP contribution in [0.4, 0.5) is 0 Å². The van der Waals surface area contributed by atoms with Crippen molar-refractivity contribution in [1.82, 2.24) is 15.1 Å². The van der Waals surface area contributed by atoms with Gasteiger partial charge in [-0.25, -0.2) is 0 Å². The number of aryl methyl sites for hydroxylation is 1. The van der Waals surface area contributed by atoms with E-state index in [1.165, 1.54) is 12.8 Å². The summed E-state index contributed by atoms with van der Waals surface area (Å²) < 4.78 is 1.82. The van der Waals surface area contributed by atoms with Crippen LogP contribution in [0.2, 0.25) is 10.0 Å². The molecule has 0 unspecified atom stereocenters. The van der Waals surface area contributed by atoms with E-state index >= 15 is 0 Å². The Hall–Kier alpha value is -1.52. The van der Waals surface area contributed by atoms with Crippen LogP contribution in [0.3, 0.4) is 0 Å². The van der Waals surface area contributed by atoms with Crippen LogP contribution in [0.1, 0.15) is 67.3 Å². The molecule has 4 rings (SSSR count). The molecule has 2 saturated carbocycles. The van der Waals surface area contributed by atoms with E-state index in [0.717, 1.165) is 23.4 Å². The van der Waals surface area contributed by atoms with E-state index in [2.05, 4.69) is 31.2 Å². The van der Waals surface area contributed by atoms with E-state index in [4.69, 9.17) is 23.2 Å². The first kappa shape index (κ1) is 20.7. The van der Waals surface area contributed by atoms with E-state index in [9.17, 15) is 4.79 Å². The van der Waals surface area contributed by atoms with Crippen LogP contribution >= 0.6 is 23.2 Å². The van der Waals surface area contributed by atoms with Gasteiger partial charge in [0.1, 0.15) is 0 Å². The van der Waals surface area contributed by atoms with Crippen LogP contribution in [-0.4, -0.2) is 21.7 Å². The molecule has 1 aromatic heterocycles. The van der Waals surface area contributed by atoms with Gasteiger partial charge in [0.25, 0.3) is 5.91 Å². The number of fused-ring (bicyclic) bond motifs is 2. The number of hydrogen-bond donors (Lipinski definition) is 1. The van der Waals surface area contributed by atoms with Crippen LogP contribution in [0, 0.1) is 30.6 Å². The molecule has 6 heteroatoms. The zero-order valence-electron chi connectivity index (χ0n) is 17.8. The van der Waals surface area contributed by atoms with E-state index < -0.39 is 0 Å². The van der Waals surface area contributed by atoms with Crippen molar-refractivity contribution >= 4 is 29.1 Å². The van der Waals surface area contributed by atoms with Crippen molar-refractivity contribution in [2.75, 3.05) is 0 Å². The molecule has 2 fully saturated rings. The molecule has 2 aromatic rings. The monoisotopic (exact) mass is 433 g/mol. The van der Waals surface area contributed by atoms with E-state index in [1.807, 2.05) is 36.7 Å². The number of nitrogens with zero attached hydrogens (tertiary/aromatic N) is 2. The van der Waals surface area contributed by atoms with Gasteiger partial charge in [0.2, 0.25) is 0 Å². The predicted molar refractivity (Wildman–Crippen MR) is 118 cm³/mol. The number of aromatic nitrogens is 2. The highest BCUT2D eigenvalue weighted by Crippen LogP contribution is 2.65. The van der Waals surface area contributed by atoms with Gasteiger partial charge in [-0.2, -0.15) is 5.10 Å². The smallest absolute Gasteiger partial charge is 0.255 e. The summed E-state index contributed by atoms with van der Waals surface area (Å²) in [4.78, 5) is 13.3. The number of halogens is 2. The maximum Gasteiger partial charge on any atom is 0.255 e. The average Bonchev–Trinajstić information content (AvgIpc) is 3.11. The van der Waals surface area contributed by atoms with Crippen molar-refractivity contribution < 1.29 is 4.79 Å². The highest BCUT2D eigenvalue weighted by Gasteiger charge is 2.61. The minimum absolute atomic E-state index is 0.0221. The second-order valence-corrected chi connectivity index (χ2v) is 10.4. The molecule has 0 radical (unpaired) electrons. The normalized spacial score (nSPS) is 27.4. The molecule has 29 heavy (non-hydrogen) atoms. The lowest BCUT2D eigenvalue weighted by atomic mass is 9.69. The fraction of sp³-hybridized carbons (Fsp3) is 0.565. The molecule has 1 amide bonds. The summed E-state index contributed by atoms with van der Waals surface area (Å²) in [6, 6.07) is 5.68. The largest absolute Gasteiger partial charge is 0.349 e. The third-order valence-corrected chi connectivity index (χ3v) is 8.79. The summed E-state index contributed by atoms with van der Waals surface area (Å²) in [5.74, 6) is 0.663. The Morgan fingerprint density at radius 3 is 2.45 bits per heavy atom. The van der Waals surface area contributed by atoms with Crippen LogP contribution in [0.5, 0.6) is 0 Å². The molecule has 2 bridgehead atoms. The number of amides is 1. The molecule has 2 aliphatic carbocycles. The molecular weight excluding hydrogens is 405 g/mol. The first-order valence-corrected chi connectivity index (χ1v) is 11.1. The quantitative estimate of drug-likeness (QED) is 0.661. The second kappa shape index (κ2) is 7.02. The Balaban J connectivity index is 1.58.